The van der Waals surface area contributed by atoms with Crippen LogP contribution in [0.2, 0.25) is 0 Å². The maximum absolute atomic E-state index is 12.3. The van der Waals surface area contributed by atoms with Gasteiger partial charge in [0.1, 0.15) is 7.85 Å². The van der Waals surface area contributed by atoms with Crippen molar-refractivity contribution in [2.75, 3.05) is 0 Å². The predicted octanol–water partition coefficient (Wildman–Crippen LogP) is 2.97. The molecule has 0 atom stereocenters. The highest BCUT2D eigenvalue weighted by Gasteiger charge is 2.06. The average molecular weight is 301 g/mol. The summed E-state index contributed by atoms with van der Waals surface area (Å²) in [4.78, 5) is 12.3. The van der Waals surface area contributed by atoms with E-state index in [0.29, 0.717) is 10.8 Å². The zero-order valence-electron chi connectivity index (χ0n) is 8.74. The van der Waals surface area contributed by atoms with Crippen molar-refractivity contribution >= 4 is 60.7 Å². The zero-order chi connectivity index (χ0) is 12.0. The zero-order valence-corrected chi connectivity index (χ0v) is 11.1. The normalized spacial score (nSPS) is 11.1. The Labute approximate surface area is 112 Å². The molecule has 1 aromatic heterocycles. The number of benzene rings is 2. The van der Waals surface area contributed by atoms with Crippen LogP contribution in [0.3, 0.4) is 0 Å². The minimum atomic E-state index is 0.0438. The van der Waals surface area contributed by atoms with Crippen LogP contribution in [0.15, 0.2) is 45.7 Å². The number of halogens is 1. The third-order valence-corrected chi connectivity index (χ3v) is 4.30. The largest absolute Gasteiger partial charge is 0.289 e. The van der Waals surface area contributed by atoms with Crippen LogP contribution in [0.25, 0.3) is 20.2 Å². The highest BCUT2D eigenvalue weighted by Crippen LogP contribution is 2.25. The summed E-state index contributed by atoms with van der Waals surface area (Å²) in [6, 6.07) is 11.2. The van der Waals surface area contributed by atoms with Gasteiger partial charge in [0.2, 0.25) is 0 Å². The Balaban J connectivity index is 2.58. The van der Waals surface area contributed by atoms with E-state index >= 15 is 0 Å². The van der Waals surface area contributed by atoms with Gasteiger partial charge in [0.15, 0.2) is 5.43 Å². The van der Waals surface area contributed by atoms with Crippen molar-refractivity contribution in [2.45, 2.75) is 0 Å². The fourth-order valence-corrected chi connectivity index (χ4v) is 3.24. The van der Waals surface area contributed by atoms with Crippen LogP contribution >= 0.6 is 27.3 Å². The van der Waals surface area contributed by atoms with Gasteiger partial charge in [-0.1, -0.05) is 33.5 Å². The molecule has 0 bridgehead atoms. The summed E-state index contributed by atoms with van der Waals surface area (Å²) in [5, 5.41) is 1.43. The predicted molar refractivity (Wildman–Crippen MR) is 78.7 cm³/mol. The molecule has 0 saturated carbocycles. The molecule has 80 valence electrons. The molecule has 17 heavy (non-hydrogen) atoms. The molecule has 0 fully saturated rings. The van der Waals surface area contributed by atoms with Gasteiger partial charge >= 0.3 is 0 Å². The number of fused-ring (bicyclic) bond motifs is 2. The van der Waals surface area contributed by atoms with E-state index in [0.717, 1.165) is 19.3 Å². The van der Waals surface area contributed by atoms with Crippen molar-refractivity contribution in [3.63, 3.8) is 0 Å². The summed E-state index contributed by atoms with van der Waals surface area (Å²) in [5.74, 6) is 0. The van der Waals surface area contributed by atoms with E-state index in [-0.39, 0.29) is 5.43 Å². The van der Waals surface area contributed by atoms with Crippen LogP contribution in [0, 0.1) is 0 Å². The van der Waals surface area contributed by atoms with E-state index in [1.807, 2.05) is 30.3 Å². The third kappa shape index (κ3) is 1.81. The molecule has 0 aliphatic heterocycles. The van der Waals surface area contributed by atoms with E-state index in [2.05, 4.69) is 15.9 Å². The fraction of sp³-hybridized carbons (Fsp3) is 0. The Morgan fingerprint density at radius 2 is 1.65 bits per heavy atom. The van der Waals surface area contributed by atoms with E-state index in [1.165, 1.54) is 0 Å². The quantitative estimate of drug-likeness (QED) is 0.461. The number of rotatable bonds is 0. The lowest BCUT2D eigenvalue weighted by Crippen LogP contribution is -2.07. The molecule has 0 amide bonds. The van der Waals surface area contributed by atoms with Gasteiger partial charge in [0, 0.05) is 24.6 Å². The molecule has 0 spiro atoms. The Kier molecular flexibility index (Phi) is 2.56. The van der Waals surface area contributed by atoms with E-state index < -0.39 is 0 Å². The molecule has 0 N–H and O–H groups in total. The Hall–Kier alpha value is -1.13. The van der Waals surface area contributed by atoms with Gasteiger partial charge in [0.25, 0.3) is 0 Å². The summed E-state index contributed by atoms with van der Waals surface area (Å²) in [6.07, 6.45) is 0. The third-order valence-electron chi connectivity index (χ3n) is 2.65. The van der Waals surface area contributed by atoms with Crippen molar-refractivity contribution in [1.29, 1.82) is 0 Å². The summed E-state index contributed by atoms with van der Waals surface area (Å²) in [6.45, 7) is 0. The SMILES string of the molecule is [B]c1ccc2sc3ccc(Br)cc3c(=O)c2c1. The fourth-order valence-electron chi connectivity index (χ4n) is 1.85. The summed E-state index contributed by atoms with van der Waals surface area (Å²) < 4.78 is 2.88. The second-order valence-electron chi connectivity index (χ2n) is 3.83. The smallest absolute Gasteiger partial charge is 0.195 e. The molecule has 2 radical (unpaired) electrons. The molecule has 1 heterocycles. The maximum Gasteiger partial charge on any atom is 0.195 e. The van der Waals surface area contributed by atoms with Gasteiger partial charge < -0.3 is 0 Å². The molecule has 0 saturated heterocycles. The molecular formula is C13H6BBrOS. The van der Waals surface area contributed by atoms with Crippen LogP contribution in [0.1, 0.15) is 0 Å². The summed E-state index contributed by atoms with van der Waals surface area (Å²) in [7, 11) is 5.72. The molecule has 3 rings (SSSR count). The van der Waals surface area contributed by atoms with Crippen molar-refractivity contribution in [1.82, 2.24) is 0 Å². The second kappa shape index (κ2) is 3.96. The molecular weight excluding hydrogens is 295 g/mol. The minimum absolute atomic E-state index is 0.0438. The topological polar surface area (TPSA) is 17.1 Å². The maximum atomic E-state index is 12.3. The van der Waals surface area contributed by atoms with E-state index in [4.69, 9.17) is 7.85 Å². The first kappa shape index (κ1) is 11.0. The molecule has 0 unspecified atom stereocenters. The van der Waals surface area contributed by atoms with Crippen LogP contribution < -0.4 is 10.9 Å². The molecule has 2 aromatic carbocycles. The monoisotopic (exact) mass is 300 g/mol. The van der Waals surface area contributed by atoms with Crippen LogP contribution in [-0.2, 0) is 0 Å². The molecule has 0 aliphatic carbocycles. The summed E-state index contributed by atoms with van der Waals surface area (Å²) in [5.41, 5.74) is 0.665. The van der Waals surface area contributed by atoms with Gasteiger partial charge in [-0.05, 0) is 24.3 Å². The molecule has 0 aliphatic rings. The lowest BCUT2D eigenvalue weighted by molar-refractivity contribution is 1.72. The van der Waals surface area contributed by atoms with Crippen LogP contribution in [0.5, 0.6) is 0 Å². The molecule has 3 aromatic rings. The Bertz CT molecular complexity index is 731. The first-order chi connectivity index (χ1) is 8.15. The average Bonchev–Trinajstić information content (AvgIpc) is 2.32. The lowest BCUT2D eigenvalue weighted by atomic mass is 9.95. The molecule has 1 nitrogen and oxygen atoms in total. The van der Waals surface area contributed by atoms with Crippen LogP contribution in [-0.4, -0.2) is 7.85 Å². The van der Waals surface area contributed by atoms with Crippen molar-refractivity contribution in [2.24, 2.45) is 0 Å². The first-order valence-electron chi connectivity index (χ1n) is 5.07. The second-order valence-corrected chi connectivity index (χ2v) is 5.83. The Morgan fingerprint density at radius 3 is 2.41 bits per heavy atom. The minimum Gasteiger partial charge on any atom is -0.289 e. The van der Waals surface area contributed by atoms with Gasteiger partial charge in [-0.25, -0.2) is 0 Å². The van der Waals surface area contributed by atoms with Gasteiger partial charge in [0.05, 0.1) is 0 Å². The van der Waals surface area contributed by atoms with Crippen molar-refractivity contribution in [3.05, 3.63) is 51.1 Å². The van der Waals surface area contributed by atoms with Crippen molar-refractivity contribution in [3.8, 4) is 0 Å². The van der Waals surface area contributed by atoms with Gasteiger partial charge in [-0.15, -0.1) is 11.3 Å². The van der Waals surface area contributed by atoms with Crippen molar-refractivity contribution < 1.29 is 0 Å². The Morgan fingerprint density at radius 1 is 1.00 bits per heavy atom. The van der Waals surface area contributed by atoms with E-state index in [9.17, 15) is 4.79 Å². The number of hydrogen-bond donors (Lipinski definition) is 0. The first-order valence-corrected chi connectivity index (χ1v) is 6.68. The highest BCUT2D eigenvalue weighted by molar-refractivity contribution is 9.10. The summed E-state index contributed by atoms with van der Waals surface area (Å²) >= 11 is 4.99. The van der Waals surface area contributed by atoms with Gasteiger partial charge in [-0.3, -0.25) is 4.79 Å². The highest BCUT2D eigenvalue weighted by atomic mass is 79.9. The van der Waals surface area contributed by atoms with Crippen LogP contribution in [0.4, 0.5) is 0 Å². The number of hydrogen-bond acceptors (Lipinski definition) is 2. The van der Waals surface area contributed by atoms with Gasteiger partial charge in [-0.2, -0.15) is 0 Å². The standard InChI is InChI=1S/C13H6BBrOS/c14-7-1-3-11-9(5-7)13(16)10-6-8(15)2-4-12(10)17-11/h1-6H. The molecule has 4 heteroatoms. The van der Waals surface area contributed by atoms with E-state index in [1.54, 1.807) is 17.4 Å². The lowest BCUT2D eigenvalue weighted by Gasteiger charge is -2.02.